The van der Waals surface area contributed by atoms with Crippen LogP contribution in [0.25, 0.3) is 0 Å². The molecule has 94 valence electrons. The number of thioether (sulfide) groups is 1. The first-order valence-electron chi connectivity index (χ1n) is 5.81. The van der Waals surface area contributed by atoms with Crippen molar-refractivity contribution in [2.45, 2.75) is 31.4 Å². The van der Waals surface area contributed by atoms with Crippen LogP contribution in [-0.2, 0) is 0 Å². The van der Waals surface area contributed by atoms with Gasteiger partial charge in [0.15, 0.2) is 0 Å². The summed E-state index contributed by atoms with van der Waals surface area (Å²) in [4.78, 5) is 8.50. The summed E-state index contributed by atoms with van der Waals surface area (Å²) in [6.45, 7) is 5.09. The van der Waals surface area contributed by atoms with E-state index in [1.807, 2.05) is 24.8 Å². The van der Waals surface area contributed by atoms with Crippen molar-refractivity contribution in [3.63, 3.8) is 0 Å². The molecule has 1 atom stereocenters. The highest BCUT2D eigenvalue weighted by molar-refractivity contribution is 8.00. The minimum Gasteiger partial charge on any atom is -0.369 e. The van der Waals surface area contributed by atoms with Gasteiger partial charge in [-0.1, -0.05) is 0 Å². The number of nitrogens with two attached hydrogens (primary N) is 1. The van der Waals surface area contributed by atoms with Gasteiger partial charge in [0.05, 0.1) is 0 Å². The normalized spacial score (nSPS) is 23.7. The number of rotatable bonds is 4. The van der Waals surface area contributed by atoms with Crippen LogP contribution in [0.1, 0.15) is 25.6 Å². The third kappa shape index (κ3) is 3.23. The molecule has 1 aliphatic rings. The van der Waals surface area contributed by atoms with Gasteiger partial charge in [-0.25, -0.2) is 15.8 Å². The summed E-state index contributed by atoms with van der Waals surface area (Å²) < 4.78 is 0.329. The van der Waals surface area contributed by atoms with Crippen molar-refractivity contribution < 1.29 is 0 Å². The van der Waals surface area contributed by atoms with Gasteiger partial charge < -0.3 is 10.7 Å². The average Bonchev–Trinajstić information content (AvgIpc) is 2.73. The molecule has 1 fully saturated rings. The Morgan fingerprint density at radius 1 is 1.47 bits per heavy atom. The third-order valence-electron chi connectivity index (χ3n) is 2.93. The Kier molecular flexibility index (Phi) is 3.73. The zero-order chi connectivity index (χ0) is 12.3. The van der Waals surface area contributed by atoms with Gasteiger partial charge in [-0.05, 0) is 32.4 Å². The molecule has 1 aromatic heterocycles. The molecule has 1 aliphatic heterocycles. The van der Waals surface area contributed by atoms with Gasteiger partial charge in [-0.15, -0.1) is 0 Å². The Hall–Kier alpha value is -1.01. The zero-order valence-electron chi connectivity index (χ0n) is 10.3. The van der Waals surface area contributed by atoms with Crippen LogP contribution in [0.5, 0.6) is 0 Å². The highest BCUT2D eigenvalue weighted by Crippen LogP contribution is 2.37. The maximum Gasteiger partial charge on any atom is 0.145 e. The van der Waals surface area contributed by atoms with Crippen LogP contribution in [-0.4, -0.2) is 27.0 Å². The van der Waals surface area contributed by atoms with Gasteiger partial charge in [-0.3, -0.25) is 0 Å². The van der Waals surface area contributed by atoms with E-state index < -0.39 is 0 Å². The average molecular weight is 253 g/mol. The van der Waals surface area contributed by atoms with Gasteiger partial charge in [0.25, 0.3) is 0 Å². The van der Waals surface area contributed by atoms with Crippen molar-refractivity contribution in [3.8, 4) is 0 Å². The van der Waals surface area contributed by atoms with E-state index in [1.54, 1.807) is 0 Å². The highest BCUT2D eigenvalue weighted by atomic mass is 32.2. The third-order valence-corrected chi connectivity index (χ3v) is 4.47. The molecular weight excluding hydrogens is 234 g/mol. The largest absolute Gasteiger partial charge is 0.369 e. The number of nitrogen functional groups attached to an aromatic ring is 1. The van der Waals surface area contributed by atoms with Crippen molar-refractivity contribution >= 4 is 23.4 Å². The van der Waals surface area contributed by atoms with E-state index in [0.29, 0.717) is 16.4 Å². The molecule has 6 heteroatoms. The predicted octanol–water partition coefficient (Wildman–Crippen LogP) is 1.77. The second kappa shape index (κ2) is 5.10. The lowest BCUT2D eigenvalue weighted by atomic mass is 10.1. The molecule has 2 heterocycles. The van der Waals surface area contributed by atoms with Gasteiger partial charge in [0.1, 0.15) is 17.5 Å². The fraction of sp³-hybridized carbons (Fsp3) is 0.636. The number of hydrogen-bond acceptors (Lipinski definition) is 6. The van der Waals surface area contributed by atoms with Crippen LogP contribution in [0.4, 0.5) is 11.6 Å². The fourth-order valence-corrected chi connectivity index (χ4v) is 3.23. The zero-order valence-corrected chi connectivity index (χ0v) is 11.1. The molecule has 5 nitrogen and oxygen atoms in total. The number of aromatic nitrogens is 2. The molecule has 1 unspecified atom stereocenters. The Bertz CT molecular complexity index is 389. The molecule has 0 amide bonds. The lowest BCUT2D eigenvalue weighted by Gasteiger charge is -2.23. The molecule has 17 heavy (non-hydrogen) atoms. The first-order chi connectivity index (χ1) is 8.11. The number of hydrogen-bond donors (Lipinski definition) is 3. The van der Waals surface area contributed by atoms with Crippen molar-refractivity contribution in [3.05, 3.63) is 11.9 Å². The SMILES string of the molecule is Cc1nc(NN)cc(NCC2(C)CCCS2)n1. The molecule has 0 aromatic carbocycles. The summed E-state index contributed by atoms with van der Waals surface area (Å²) in [6, 6.07) is 1.83. The first-order valence-corrected chi connectivity index (χ1v) is 6.80. The van der Waals surface area contributed by atoms with Gasteiger partial charge in [0, 0.05) is 17.4 Å². The second-order valence-electron chi connectivity index (χ2n) is 4.59. The van der Waals surface area contributed by atoms with E-state index in [4.69, 9.17) is 5.84 Å². The second-order valence-corrected chi connectivity index (χ2v) is 6.27. The quantitative estimate of drug-likeness (QED) is 0.561. The van der Waals surface area contributed by atoms with Crippen LogP contribution in [0.3, 0.4) is 0 Å². The van der Waals surface area contributed by atoms with Gasteiger partial charge >= 0.3 is 0 Å². The molecule has 4 N–H and O–H groups in total. The lowest BCUT2D eigenvalue weighted by Crippen LogP contribution is -2.27. The van der Waals surface area contributed by atoms with E-state index in [0.717, 1.165) is 12.4 Å². The van der Waals surface area contributed by atoms with Crippen molar-refractivity contribution in [1.82, 2.24) is 9.97 Å². The van der Waals surface area contributed by atoms with E-state index >= 15 is 0 Å². The fourth-order valence-electron chi connectivity index (χ4n) is 1.99. The number of nitrogens with one attached hydrogen (secondary N) is 2. The van der Waals surface area contributed by atoms with Gasteiger partial charge in [0.2, 0.25) is 0 Å². The van der Waals surface area contributed by atoms with Crippen molar-refractivity contribution in [2.75, 3.05) is 23.0 Å². The Morgan fingerprint density at radius 3 is 2.88 bits per heavy atom. The Balaban J connectivity index is 2.00. The summed E-state index contributed by atoms with van der Waals surface area (Å²) in [5.41, 5.74) is 2.55. The first kappa shape index (κ1) is 12.4. The molecule has 0 bridgehead atoms. The lowest BCUT2D eigenvalue weighted by molar-refractivity contribution is 0.633. The maximum absolute atomic E-state index is 5.36. The molecule has 0 spiro atoms. The maximum atomic E-state index is 5.36. The molecule has 0 aliphatic carbocycles. The molecule has 0 saturated carbocycles. The smallest absolute Gasteiger partial charge is 0.145 e. The van der Waals surface area contributed by atoms with Crippen LogP contribution < -0.4 is 16.6 Å². The summed E-state index contributed by atoms with van der Waals surface area (Å²) >= 11 is 2.03. The molecular formula is C11H19N5S. The Labute approximate surface area is 106 Å². The van der Waals surface area contributed by atoms with E-state index in [-0.39, 0.29) is 0 Å². The molecule has 2 rings (SSSR count). The summed E-state index contributed by atoms with van der Waals surface area (Å²) in [5.74, 6) is 8.81. The highest BCUT2D eigenvalue weighted by Gasteiger charge is 2.29. The standard InChI is InChI=1S/C11H19N5S/c1-8-14-9(6-10(15-8)16-12)13-7-11(2)4-3-5-17-11/h6H,3-5,7,12H2,1-2H3,(H2,13,14,15,16). The summed E-state index contributed by atoms with van der Waals surface area (Å²) in [7, 11) is 0. The number of anilines is 2. The topological polar surface area (TPSA) is 75.9 Å². The minimum atomic E-state index is 0.329. The van der Waals surface area contributed by atoms with Crippen LogP contribution in [0.15, 0.2) is 6.07 Å². The Morgan fingerprint density at radius 2 is 2.24 bits per heavy atom. The van der Waals surface area contributed by atoms with Crippen LogP contribution in [0, 0.1) is 6.92 Å². The van der Waals surface area contributed by atoms with E-state index in [9.17, 15) is 0 Å². The van der Waals surface area contributed by atoms with Crippen LogP contribution in [0.2, 0.25) is 0 Å². The van der Waals surface area contributed by atoms with E-state index in [2.05, 4.69) is 27.6 Å². The number of aryl methyl sites for hydroxylation is 1. The minimum absolute atomic E-state index is 0.329. The summed E-state index contributed by atoms with van der Waals surface area (Å²) in [5, 5.41) is 3.38. The predicted molar refractivity (Wildman–Crippen MR) is 73.2 cm³/mol. The molecule has 0 radical (unpaired) electrons. The number of hydrazine groups is 1. The monoisotopic (exact) mass is 253 g/mol. The van der Waals surface area contributed by atoms with Crippen molar-refractivity contribution in [2.24, 2.45) is 5.84 Å². The van der Waals surface area contributed by atoms with Crippen molar-refractivity contribution in [1.29, 1.82) is 0 Å². The van der Waals surface area contributed by atoms with Crippen LogP contribution >= 0.6 is 11.8 Å². The summed E-state index contributed by atoms with van der Waals surface area (Å²) in [6.07, 6.45) is 2.57. The number of nitrogens with zero attached hydrogens (tertiary/aromatic N) is 2. The molecule has 1 aromatic rings. The van der Waals surface area contributed by atoms with E-state index in [1.165, 1.54) is 18.6 Å². The van der Waals surface area contributed by atoms with Gasteiger partial charge in [-0.2, -0.15) is 11.8 Å². The molecule has 1 saturated heterocycles.